The van der Waals surface area contributed by atoms with Crippen molar-refractivity contribution in [1.29, 1.82) is 0 Å². The number of hydrogen-bond acceptors (Lipinski definition) is 5. The van der Waals surface area contributed by atoms with Gasteiger partial charge in [0.2, 0.25) is 10.0 Å². The highest BCUT2D eigenvalue weighted by Crippen LogP contribution is 2.11. The second kappa shape index (κ2) is 6.15. The van der Waals surface area contributed by atoms with Crippen LogP contribution in [0.15, 0.2) is 35.5 Å². The number of carbonyl (C=O) groups is 1. The number of aryl methyl sites for hydroxylation is 1. The van der Waals surface area contributed by atoms with Crippen LogP contribution in [0.25, 0.3) is 0 Å². The molecule has 8 heteroatoms. The minimum atomic E-state index is -3.65. The number of hydrogen-bond donors (Lipinski definition) is 1. The quantitative estimate of drug-likeness (QED) is 0.803. The van der Waals surface area contributed by atoms with Crippen molar-refractivity contribution < 1.29 is 13.2 Å². The van der Waals surface area contributed by atoms with E-state index < -0.39 is 10.0 Å². The van der Waals surface area contributed by atoms with Crippen LogP contribution >= 0.6 is 0 Å². The summed E-state index contributed by atoms with van der Waals surface area (Å²) in [5.74, 6) is 0.435. The highest BCUT2D eigenvalue weighted by Gasteiger charge is 2.15. The molecule has 0 aliphatic heterocycles. The molecule has 1 N–H and O–H groups in total. The molecule has 1 aromatic heterocycles. The first-order valence-corrected chi connectivity index (χ1v) is 7.89. The first-order valence-electron chi connectivity index (χ1n) is 6.41. The lowest BCUT2D eigenvalue weighted by Gasteiger charge is -2.07. The number of aromatic nitrogens is 3. The number of nitrogens with zero attached hydrogens (tertiary/aromatic N) is 3. The molecule has 0 spiro atoms. The predicted octanol–water partition coefficient (Wildman–Crippen LogP) is 0.979. The lowest BCUT2D eigenvalue weighted by Crippen LogP contribution is -2.25. The molecule has 0 saturated carbocycles. The molecule has 21 heavy (non-hydrogen) atoms. The summed E-state index contributed by atoms with van der Waals surface area (Å²) in [5.41, 5.74) is 0.472. The molecular weight excluding hydrogens is 292 g/mol. The molecular formula is C13H16N4O3S. The predicted molar refractivity (Wildman–Crippen MR) is 76.2 cm³/mol. The summed E-state index contributed by atoms with van der Waals surface area (Å²) in [4.78, 5) is 11.3. The standard InChI is InChI=1S/C13H16N4O3S/c1-3-17-9-14-16-13(17)8-15-21(19,20)12-6-4-11(5-7-12)10(2)18/h4-7,9,15H,3,8H2,1-2H3. The van der Waals surface area contributed by atoms with E-state index in [4.69, 9.17) is 0 Å². The van der Waals surface area contributed by atoms with Crippen LogP contribution in [-0.4, -0.2) is 29.0 Å². The Hall–Kier alpha value is -2.06. The lowest BCUT2D eigenvalue weighted by atomic mass is 10.2. The van der Waals surface area contributed by atoms with Gasteiger partial charge in [-0.05, 0) is 26.0 Å². The molecule has 0 radical (unpaired) electrons. The minimum Gasteiger partial charge on any atom is -0.317 e. The van der Waals surface area contributed by atoms with Gasteiger partial charge in [-0.1, -0.05) is 12.1 Å². The van der Waals surface area contributed by atoms with E-state index in [-0.39, 0.29) is 17.2 Å². The van der Waals surface area contributed by atoms with E-state index in [1.807, 2.05) is 6.92 Å². The summed E-state index contributed by atoms with van der Waals surface area (Å²) in [6.07, 6.45) is 1.55. The molecule has 0 amide bonds. The van der Waals surface area contributed by atoms with E-state index in [9.17, 15) is 13.2 Å². The molecule has 0 aliphatic rings. The zero-order valence-corrected chi connectivity index (χ0v) is 12.6. The van der Waals surface area contributed by atoms with Crippen molar-refractivity contribution in [2.45, 2.75) is 31.8 Å². The van der Waals surface area contributed by atoms with Crippen molar-refractivity contribution in [1.82, 2.24) is 19.5 Å². The first-order chi connectivity index (χ1) is 9.94. The van der Waals surface area contributed by atoms with Crippen molar-refractivity contribution >= 4 is 15.8 Å². The van der Waals surface area contributed by atoms with Gasteiger partial charge in [0.25, 0.3) is 0 Å². The molecule has 0 atom stereocenters. The van der Waals surface area contributed by atoms with Crippen molar-refractivity contribution in [3.05, 3.63) is 42.0 Å². The molecule has 1 heterocycles. The number of rotatable bonds is 6. The maximum atomic E-state index is 12.2. The van der Waals surface area contributed by atoms with Crippen molar-refractivity contribution in [2.75, 3.05) is 0 Å². The molecule has 2 rings (SSSR count). The van der Waals surface area contributed by atoms with Crippen LogP contribution in [0.5, 0.6) is 0 Å². The number of nitrogens with one attached hydrogen (secondary N) is 1. The van der Waals surface area contributed by atoms with E-state index in [1.165, 1.54) is 31.2 Å². The molecule has 7 nitrogen and oxygen atoms in total. The molecule has 1 aromatic carbocycles. The monoisotopic (exact) mass is 308 g/mol. The normalized spacial score (nSPS) is 11.5. The number of carbonyl (C=O) groups excluding carboxylic acids is 1. The highest BCUT2D eigenvalue weighted by atomic mass is 32.2. The second-order valence-corrected chi connectivity index (χ2v) is 6.21. The molecule has 0 unspecified atom stereocenters. The van der Waals surface area contributed by atoms with E-state index in [2.05, 4.69) is 14.9 Å². The molecule has 0 fully saturated rings. The molecule has 0 bridgehead atoms. The van der Waals surface area contributed by atoms with E-state index in [0.29, 0.717) is 17.9 Å². The van der Waals surface area contributed by atoms with Crippen molar-refractivity contribution in [3.8, 4) is 0 Å². The zero-order valence-electron chi connectivity index (χ0n) is 11.8. The van der Waals surface area contributed by atoms with Gasteiger partial charge in [-0.3, -0.25) is 4.79 Å². The van der Waals surface area contributed by atoms with Gasteiger partial charge in [0.15, 0.2) is 5.78 Å². The van der Waals surface area contributed by atoms with Gasteiger partial charge in [-0.2, -0.15) is 0 Å². The Bertz CT molecular complexity index is 735. The lowest BCUT2D eigenvalue weighted by molar-refractivity contribution is 0.101. The molecule has 2 aromatic rings. The van der Waals surface area contributed by atoms with Crippen LogP contribution in [-0.2, 0) is 23.1 Å². The summed E-state index contributed by atoms with van der Waals surface area (Å²) < 4.78 is 28.5. The Morgan fingerprint density at radius 1 is 1.29 bits per heavy atom. The van der Waals surface area contributed by atoms with Gasteiger partial charge in [0.1, 0.15) is 12.2 Å². The van der Waals surface area contributed by atoms with Gasteiger partial charge in [0, 0.05) is 12.1 Å². The largest absolute Gasteiger partial charge is 0.317 e. The van der Waals surface area contributed by atoms with Crippen LogP contribution in [0, 0.1) is 0 Å². The zero-order chi connectivity index (χ0) is 15.5. The third-order valence-electron chi connectivity index (χ3n) is 3.03. The van der Waals surface area contributed by atoms with Crippen LogP contribution < -0.4 is 4.72 Å². The summed E-state index contributed by atoms with van der Waals surface area (Å²) in [5, 5.41) is 7.60. The van der Waals surface area contributed by atoms with Gasteiger partial charge in [-0.25, -0.2) is 13.1 Å². The molecule has 0 saturated heterocycles. The fraction of sp³-hybridized carbons (Fsp3) is 0.308. The summed E-state index contributed by atoms with van der Waals surface area (Å²) in [6, 6.07) is 5.80. The van der Waals surface area contributed by atoms with Crippen molar-refractivity contribution in [3.63, 3.8) is 0 Å². The number of Topliss-reactive ketones (excluding diaryl/α,β-unsaturated/α-hetero) is 1. The maximum Gasteiger partial charge on any atom is 0.240 e. The van der Waals surface area contributed by atoms with Crippen LogP contribution in [0.4, 0.5) is 0 Å². The summed E-state index contributed by atoms with van der Waals surface area (Å²) in [6.45, 7) is 4.07. The Morgan fingerprint density at radius 2 is 1.95 bits per heavy atom. The molecule has 0 aliphatic carbocycles. The smallest absolute Gasteiger partial charge is 0.240 e. The summed E-state index contributed by atoms with van der Waals surface area (Å²) >= 11 is 0. The maximum absolute atomic E-state index is 12.2. The number of sulfonamides is 1. The van der Waals surface area contributed by atoms with Gasteiger partial charge in [0.05, 0.1) is 11.4 Å². The Balaban J connectivity index is 2.13. The number of benzene rings is 1. The second-order valence-electron chi connectivity index (χ2n) is 4.44. The van der Waals surface area contributed by atoms with Gasteiger partial charge >= 0.3 is 0 Å². The average Bonchev–Trinajstić information content (AvgIpc) is 2.93. The van der Waals surface area contributed by atoms with Crippen LogP contribution in [0.3, 0.4) is 0 Å². The van der Waals surface area contributed by atoms with E-state index >= 15 is 0 Å². The summed E-state index contributed by atoms with van der Waals surface area (Å²) in [7, 11) is -3.65. The Labute approximate surface area is 123 Å². The van der Waals surface area contributed by atoms with Crippen LogP contribution in [0.1, 0.15) is 30.0 Å². The molecule has 112 valence electrons. The van der Waals surface area contributed by atoms with Gasteiger partial charge in [-0.15, -0.1) is 10.2 Å². The fourth-order valence-electron chi connectivity index (χ4n) is 1.79. The van der Waals surface area contributed by atoms with Crippen molar-refractivity contribution in [2.24, 2.45) is 0 Å². The third-order valence-corrected chi connectivity index (χ3v) is 4.45. The SMILES string of the molecule is CCn1cnnc1CNS(=O)(=O)c1ccc(C(C)=O)cc1. The Kier molecular flexibility index (Phi) is 4.49. The average molecular weight is 308 g/mol. The highest BCUT2D eigenvalue weighted by molar-refractivity contribution is 7.89. The van der Waals surface area contributed by atoms with Crippen LogP contribution in [0.2, 0.25) is 0 Å². The fourth-order valence-corrected chi connectivity index (χ4v) is 2.77. The van der Waals surface area contributed by atoms with Gasteiger partial charge < -0.3 is 4.57 Å². The Morgan fingerprint density at radius 3 is 2.52 bits per heavy atom. The minimum absolute atomic E-state index is 0.0602. The number of ketones is 1. The topological polar surface area (TPSA) is 93.9 Å². The van der Waals surface area contributed by atoms with E-state index in [1.54, 1.807) is 10.9 Å². The first kappa shape index (κ1) is 15.3. The third kappa shape index (κ3) is 3.53. The van der Waals surface area contributed by atoms with E-state index in [0.717, 1.165) is 0 Å².